The second-order valence-electron chi connectivity index (χ2n) is 14.6. The van der Waals surface area contributed by atoms with Crippen LogP contribution < -0.4 is 4.90 Å². The number of rotatable bonds is 6. The van der Waals surface area contributed by atoms with Gasteiger partial charge in [-0.1, -0.05) is 123 Å². The van der Waals surface area contributed by atoms with Gasteiger partial charge in [-0.25, -0.2) is 0 Å². The fourth-order valence-electron chi connectivity index (χ4n) is 8.33. The maximum absolute atomic E-state index is 2.44. The van der Waals surface area contributed by atoms with Gasteiger partial charge in [-0.3, -0.25) is 0 Å². The Labute approximate surface area is 315 Å². The van der Waals surface area contributed by atoms with Crippen molar-refractivity contribution in [2.45, 2.75) is 19.3 Å². The van der Waals surface area contributed by atoms with E-state index < -0.39 is 0 Å². The largest absolute Gasteiger partial charge is 0.310 e. The predicted octanol–water partition coefficient (Wildman–Crippen LogP) is 14.8. The first-order valence-electron chi connectivity index (χ1n) is 18.3. The molecule has 0 N–H and O–H groups in total. The van der Waals surface area contributed by atoms with Crippen LogP contribution in [0.4, 0.5) is 17.1 Å². The molecule has 0 bridgehead atoms. The van der Waals surface area contributed by atoms with Crippen molar-refractivity contribution in [3.05, 3.63) is 199 Å². The number of benzene rings is 8. The summed E-state index contributed by atoms with van der Waals surface area (Å²) in [5.74, 6) is 0. The van der Waals surface area contributed by atoms with E-state index in [1.807, 2.05) is 11.3 Å². The van der Waals surface area contributed by atoms with Gasteiger partial charge in [-0.2, -0.15) is 0 Å². The lowest BCUT2D eigenvalue weighted by atomic mass is 9.81. The Bertz CT molecular complexity index is 2760. The summed E-state index contributed by atoms with van der Waals surface area (Å²) in [6.45, 7) is 4.72. The standard InChI is InChI=1S/C51H37NS/c1-51(2)47-21-13-12-20-43(47)44-25-22-36(32-48(44)51)39-29-37(34-14-6-3-7-15-34)28-38(30-39)35-23-26-49-45(31-35)46-33-42(24-27-50(46)53-49)52(40-16-8-4-9-17-40)41-18-10-5-11-19-41/h3-33H,1-2H3. The van der Waals surface area contributed by atoms with Gasteiger partial charge in [0.25, 0.3) is 0 Å². The van der Waals surface area contributed by atoms with Gasteiger partial charge in [0.15, 0.2) is 0 Å². The molecular formula is C51H37NS. The van der Waals surface area contributed by atoms with E-state index in [-0.39, 0.29) is 5.41 Å². The van der Waals surface area contributed by atoms with Gasteiger partial charge in [-0.05, 0) is 134 Å². The summed E-state index contributed by atoms with van der Waals surface area (Å²) in [7, 11) is 0. The molecule has 1 aromatic heterocycles. The lowest BCUT2D eigenvalue weighted by Gasteiger charge is -2.25. The van der Waals surface area contributed by atoms with Gasteiger partial charge in [0, 0.05) is 42.6 Å². The van der Waals surface area contributed by atoms with E-state index in [1.165, 1.54) is 75.8 Å². The summed E-state index contributed by atoms with van der Waals surface area (Å²) in [4.78, 5) is 2.35. The molecule has 0 atom stereocenters. The highest BCUT2D eigenvalue weighted by Crippen LogP contribution is 2.50. The zero-order chi connectivity index (χ0) is 35.5. The molecule has 8 aromatic carbocycles. The number of anilines is 3. The monoisotopic (exact) mass is 695 g/mol. The molecule has 0 unspecified atom stereocenters. The number of hydrogen-bond donors (Lipinski definition) is 0. The van der Waals surface area contributed by atoms with Gasteiger partial charge in [0.2, 0.25) is 0 Å². The van der Waals surface area contributed by atoms with E-state index in [2.05, 4.69) is 207 Å². The molecule has 0 radical (unpaired) electrons. The Morgan fingerprint density at radius 2 is 0.868 bits per heavy atom. The molecule has 53 heavy (non-hydrogen) atoms. The molecule has 1 nitrogen and oxygen atoms in total. The summed E-state index contributed by atoms with van der Waals surface area (Å²) >= 11 is 1.87. The molecule has 0 saturated carbocycles. The molecule has 9 aromatic rings. The average molecular weight is 696 g/mol. The molecule has 0 saturated heterocycles. The minimum atomic E-state index is -0.0533. The highest BCUT2D eigenvalue weighted by atomic mass is 32.1. The molecule has 0 amide bonds. The van der Waals surface area contributed by atoms with Crippen LogP contribution in [0.1, 0.15) is 25.0 Å². The Morgan fingerprint density at radius 3 is 1.55 bits per heavy atom. The lowest BCUT2D eigenvalue weighted by molar-refractivity contribution is 0.660. The van der Waals surface area contributed by atoms with Crippen LogP contribution in [-0.4, -0.2) is 0 Å². The third-order valence-electron chi connectivity index (χ3n) is 11.0. The van der Waals surface area contributed by atoms with E-state index in [4.69, 9.17) is 0 Å². The Hall–Kier alpha value is -6.22. The third kappa shape index (κ3) is 5.37. The maximum atomic E-state index is 2.44. The molecule has 0 aliphatic heterocycles. The molecule has 1 heterocycles. The Balaban J connectivity index is 1.12. The van der Waals surface area contributed by atoms with Crippen molar-refractivity contribution in [1.29, 1.82) is 0 Å². The van der Waals surface area contributed by atoms with Crippen molar-refractivity contribution in [1.82, 2.24) is 0 Å². The van der Waals surface area contributed by atoms with Crippen LogP contribution in [0.3, 0.4) is 0 Å². The molecular weight excluding hydrogens is 659 g/mol. The van der Waals surface area contributed by atoms with Crippen molar-refractivity contribution in [2.75, 3.05) is 4.90 Å². The summed E-state index contributed by atoms with van der Waals surface area (Å²) < 4.78 is 2.59. The normalized spacial score (nSPS) is 12.9. The smallest absolute Gasteiger partial charge is 0.0468 e. The molecule has 0 fully saturated rings. The average Bonchev–Trinajstić information content (AvgIpc) is 3.69. The van der Waals surface area contributed by atoms with Crippen molar-refractivity contribution in [3.63, 3.8) is 0 Å². The maximum Gasteiger partial charge on any atom is 0.0468 e. The van der Waals surface area contributed by atoms with Crippen LogP contribution in [0, 0.1) is 0 Å². The van der Waals surface area contributed by atoms with Crippen LogP contribution in [-0.2, 0) is 5.41 Å². The van der Waals surface area contributed by atoms with Crippen molar-refractivity contribution in [2.24, 2.45) is 0 Å². The van der Waals surface area contributed by atoms with E-state index in [1.54, 1.807) is 0 Å². The highest BCUT2D eigenvalue weighted by molar-refractivity contribution is 7.25. The van der Waals surface area contributed by atoms with Gasteiger partial charge in [-0.15, -0.1) is 11.3 Å². The molecule has 2 heteroatoms. The first kappa shape index (κ1) is 31.5. The summed E-state index contributed by atoms with van der Waals surface area (Å²) in [5.41, 5.74) is 16.2. The molecule has 1 aliphatic rings. The van der Waals surface area contributed by atoms with Crippen LogP contribution in [0.2, 0.25) is 0 Å². The minimum Gasteiger partial charge on any atom is -0.310 e. The van der Waals surface area contributed by atoms with Crippen LogP contribution in [0.25, 0.3) is 64.7 Å². The number of para-hydroxylation sites is 2. The van der Waals surface area contributed by atoms with E-state index in [0.29, 0.717) is 0 Å². The summed E-state index contributed by atoms with van der Waals surface area (Å²) in [6, 6.07) is 69.1. The van der Waals surface area contributed by atoms with E-state index in [9.17, 15) is 0 Å². The first-order valence-corrected chi connectivity index (χ1v) is 19.2. The van der Waals surface area contributed by atoms with Gasteiger partial charge < -0.3 is 4.90 Å². The van der Waals surface area contributed by atoms with Crippen molar-refractivity contribution >= 4 is 48.6 Å². The second kappa shape index (κ2) is 12.5. The Kier molecular flexibility index (Phi) is 7.42. The topological polar surface area (TPSA) is 3.24 Å². The Morgan fingerprint density at radius 1 is 0.358 bits per heavy atom. The number of thiophene rings is 1. The number of fused-ring (bicyclic) bond motifs is 6. The van der Waals surface area contributed by atoms with Gasteiger partial charge in [0.05, 0.1) is 0 Å². The van der Waals surface area contributed by atoms with E-state index >= 15 is 0 Å². The number of nitrogens with zero attached hydrogens (tertiary/aromatic N) is 1. The van der Waals surface area contributed by atoms with Crippen LogP contribution >= 0.6 is 11.3 Å². The van der Waals surface area contributed by atoms with Gasteiger partial charge in [0.1, 0.15) is 0 Å². The first-order chi connectivity index (χ1) is 26.0. The van der Waals surface area contributed by atoms with Gasteiger partial charge >= 0.3 is 0 Å². The number of hydrogen-bond acceptors (Lipinski definition) is 2. The van der Waals surface area contributed by atoms with E-state index in [0.717, 1.165) is 17.1 Å². The minimum absolute atomic E-state index is 0.0533. The highest BCUT2D eigenvalue weighted by Gasteiger charge is 2.35. The second-order valence-corrected chi connectivity index (χ2v) is 15.7. The van der Waals surface area contributed by atoms with Crippen molar-refractivity contribution in [3.8, 4) is 44.5 Å². The fraction of sp³-hybridized carbons (Fsp3) is 0.0588. The SMILES string of the molecule is CC1(C)c2ccccc2-c2ccc(-c3cc(-c4ccccc4)cc(-c4ccc5sc6ccc(N(c7ccccc7)c7ccccc7)cc6c5c4)c3)cc21. The summed E-state index contributed by atoms with van der Waals surface area (Å²) in [5, 5.41) is 2.57. The van der Waals surface area contributed by atoms with Crippen molar-refractivity contribution < 1.29 is 0 Å². The predicted molar refractivity (Wildman–Crippen MR) is 228 cm³/mol. The molecule has 252 valence electrons. The molecule has 10 rings (SSSR count). The van der Waals surface area contributed by atoms with Crippen LogP contribution in [0.5, 0.6) is 0 Å². The third-order valence-corrected chi connectivity index (χ3v) is 12.2. The zero-order valence-corrected chi connectivity index (χ0v) is 30.6. The summed E-state index contributed by atoms with van der Waals surface area (Å²) in [6.07, 6.45) is 0. The zero-order valence-electron chi connectivity index (χ0n) is 29.8. The quantitative estimate of drug-likeness (QED) is 0.167. The molecule has 0 spiro atoms. The molecule has 1 aliphatic carbocycles. The lowest BCUT2D eigenvalue weighted by Crippen LogP contribution is -2.14. The van der Waals surface area contributed by atoms with Crippen LogP contribution in [0.15, 0.2) is 188 Å². The fourth-order valence-corrected chi connectivity index (χ4v) is 9.39.